The van der Waals surface area contributed by atoms with Gasteiger partial charge in [-0.15, -0.1) is 13.2 Å². The van der Waals surface area contributed by atoms with Crippen molar-refractivity contribution in [3.63, 3.8) is 0 Å². The maximum Gasteiger partial charge on any atom is 0.573 e. The van der Waals surface area contributed by atoms with E-state index in [0.29, 0.717) is 0 Å². The summed E-state index contributed by atoms with van der Waals surface area (Å²) in [6.45, 7) is 1.38. The van der Waals surface area contributed by atoms with Crippen molar-refractivity contribution in [2.75, 3.05) is 7.11 Å². The number of hydrogen-bond donors (Lipinski definition) is 1. The van der Waals surface area contributed by atoms with E-state index in [2.05, 4.69) is 14.5 Å². The van der Waals surface area contributed by atoms with Crippen LogP contribution in [-0.4, -0.2) is 26.9 Å². The summed E-state index contributed by atoms with van der Waals surface area (Å²) < 4.78 is 67.2. The number of pyridine rings is 1. The van der Waals surface area contributed by atoms with E-state index in [4.69, 9.17) is 5.14 Å². The van der Waals surface area contributed by atoms with Crippen molar-refractivity contribution in [2.45, 2.75) is 18.3 Å². The molecular formula is C8H9F3N2O4S. The molecule has 102 valence electrons. The number of alkyl halides is 3. The molecule has 0 atom stereocenters. The van der Waals surface area contributed by atoms with Crippen molar-refractivity contribution in [1.29, 1.82) is 0 Å². The Hall–Kier alpha value is -1.55. The van der Waals surface area contributed by atoms with Crippen LogP contribution < -0.4 is 14.6 Å². The van der Waals surface area contributed by atoms with Crippen LogP contribution in [0.5, 0.6) is 11.5 Å². The first-order valence-electron chi connectivity index (χ1n) is 4.38. The lowest BCUT2D eigenvalue weighted by atomic mass is 10.3. The van der Waals surface area contributed by atoms with Gasteiger partial charge < -0.3 is 9.47 Å². The number of nitrogens with two attached hydrogens (primary N) is 1. The third-order valence-electron chi connectivity index (χ3n) is 1.83. The Labute approximate surface area is 101 Å². The normalized spacial score (nSPS) is 12.3. The van der Waals surface area contributed by atoms with E-state index in [1.165, 1.54) is 6.92 Å². The minimum Gasteiger partial charge on any atom is -0.492 e. The molecule has 0 aliphatic heterocycles. The number of aromatic nitrogens is 1. The van der Waals surface area contributed by atoms with Gasteiger partial charge in [-0.1, -0.05) is 0 Å². The number of aryl methyl sites for hydroxylation is 1. The zero-order chi connectivity index (χ0) is 14.1. The lowest BCUT2D eigenvalue weighted by Gasteiger charge is -2.16. The second-order valence-electron chi connectivity index (χ2n) is 3.20. The largest absolute Gasteiger partial charge is 0.573 e. The lowest BCUT2D eigenvalue weighted by Crippen LogP contribution is -2.22. The van der Waals surface area contributed by atoms with Crippen LogP contribution in [0, 0.1) is 6.92 Å². The fraction of sp³-hybridized carbons (Fsp3) is 0.375. The van der Waals surface area contributed by atoms with Gasteiger partial charge in [-0.25, -0.2) is 18.5 Å². The molecule has 0 saturated heterocycles. The third-order valence-corrected chi connectivity index (χ3v) is 2.66. The number of rotatable bonds is 3. The van der Waals surface area contributed by atoms with Crippen molar-refractivity contribution < 1.29 is 31.1 Å². The smallest absolute Gasteiger partial charge is 0.492 e. The number of ether oxygens (including phenoxy) is 2. The van der Waals surface area contributed by atoms with Crippen LogP contribution in [0.4, 0.5) is 13.2 Å². The molecule has 0 aromatic carbocycles. The summed E-state index contributed by atoms with van der Waals surface area (Å²) in [4.78, 5) is 3.32. The minimum absolute atomic E-state index is 0.171. The molecule has 0 amide bonds. The highest BCUT2D eigenvalue weighted by Crippen LogP contribution is 2.38. The van der Waals surface area contributed by atoms with Crippen LogP contribution in [0.3, 0.4) is 0 Å². The standard InChI is InChI=1S/C8H9F3N2O4S/c1-4-3-13-7(18(12,14)15)6(5(4)16-2)17-8(9,10)11/h3H,1-2H3,(H2,12,14,15). The van der Waals surface area contributed by atoms with E-state index in [1.807, 2.05) is 0 Å². The van der Waals surface area contributed by atoms with Crippen molar-refractivity contribution in [3.8, 4) is 11.5 Å². The molecule has 0 unspecified atom stereocenters. The first kappa shape index (κ1) is 14.5. The minimum atomic E-state index is -5.10. The fourth-order valence-electron chi connectivity index (χ4n) is 1.21. The number of nitrogens with zero attached hydrogens (tertiary/aromatic N) is 1. The molecule has 1 aromatic heterocycles. The highest BCUT2D eigenvalue weighted by atomic mass is 32.2. The van der Waals surface area contributed by atoms with Gasteiger partial charge in [0.1, 0.15) is 0 Å². The Kier molecular flexibility index (Phi) is 3.72. The Morgan fingerprint density at radius 1 is 1.33 bits per heavy atom. The third kappa shape index (κ3) is 3.23. The Morgan fingerprint density at radius 2 is 1.89 bits per heavy atom. The van der Waals surface area contributed by atoms with Crippen molar-refractivity contribution in [2.24, 2.45) is 5.14 Å². The topological polar surface area (TPSA) is 91.5 Å². The van der Waals surface area contributed by atoms with E-state index < -0.39 is 32.9 Å². The highest BCUT2D eigenvalue weighted by molar-refractivity contribution is 7.89. The molecule has 18 heavy (non-hydrogen) atoms. The summed E-state index contributed by atoms with van der Waals surface area (Å²) in [5.74, 6) is -1.47. The number of primary sulfonamides is 1. The first-order valence-corrected chi connectivity index (χ1v) is 5.93. The molecule has 0 bridgehead atoms. The van der Waals surface area contributed by atoms with Crippen LogP contribution in [0.25, 0.3) is 0 Å². The van der Waals surface area contributed by atoms with E-state index in [9.17, 15) is 21.6 Å². The molecule has 6 nitrogen and oxygen atoms in total. The Morgan fingerprint density at radius 3 is 2.28 bits per heavy atom. The maximum atomic E-state index is 12.2. The molecule has 0 radical (unpaired) electrons. The molecular weight excluding hydrogens is 277 g/mol. The summed E-state index contributed by atoms with van der Waals surface area (Å²) in [7, 11) is -3.40. The second-order valence-corrected chi connectivity index (χ2v) is 4.68. The number of hydrogen-bond acceptors (Lipinski definition) is 5. The van der Waals surface area contributed by atoms with Gasteiger partial charge in [-0.05, 0) is 6.92 Å². The van der Waals surface area contributed by atoms with Crippen molar-refractivity contribution in [3.05, 3.63) is 11.8 Å². The Bertz CT molecular complexity index is 556. The van der Waals surface area contributed by atoms with E-state index in [-0.39, 0.29) is 5.56 Å². The van der Waals surface area contributed by atoms with Crippen LogP contribution in [-0.2, 0) is 10.0 Å². The van der Waals surface area contributed by atoms with E-state index >= 15 is 0 Å². The molecule has 10 heteroatoms. The summed E-state index contributed by atoms with van der Waals surface area (Å²) in [6.07, 6.45) is -4.08. The summed E-state index contributed by atoms with van der Waals surface area (Å²) in [5, 5.41) is 3.72. The van der Waals surface area contributed by atoms with Gasteiger partial charge in [0.15, 0.2) is 5.75 Å². The van der Waals surface area contributed by atoms with Crippen LogP contribution in [0.1, 0.15) is 5.56 Å². The summed E-state index contributed by atoms with van der Waals surface area (Å²) in [5.41, 5.74) is 0.171. The quantitative estimate of drug-likeness (QED) is 0.893. The van der Waals surface area contributed by atoms with Crippen LogP contribution >= 0.6 is 0 Å². The molecule has 0 aliphatic rings. The fourth-order valence-corrected chi connectivity index (χ4v) is 1.80. The Balaban J connectivity index is 3.55. The van der Waals surface area contributed by atoms with Gasteiger partial charge in [0.05, 0.1) is 7.11 Å². The molecule has 1 heterocycles. The van der Waals surface area contributed by atoms with Gasteiger partial charge in [-0.3, -0.25) is 0 Å². The molecule has 0 aliphatic carbocycles. The molecule has 2 N–H and O–H groups in total. The molecule has 0 fully saturated rings. The number of sulfonamides is 1. The monoisotopic (exact) mass is 286 g/mol. The van der Waals surface area contributed by atoms with Crippen LogP contribution in [0.2, 0.25) is 0 Å². The number of methoxy groups -OCH3 is 1. The van der Waals surface area contributed by atoms with Gasteiger partial charge in [0, 0.05) is 11.8 Å². The van der Waals surface area contributed by atoms with Crippen molar-refractivity contribution in [1.82, 2.24) is 4.98 Å². The van der Waals surface area contributed by atoms with Crippen molar-refractivity contribution >= 4 is 10.0 Å². The van der Waals surface area contributed by atoms with E-state index in [1.54, 1.807) is 0 Å². The molecule has 0 spiro atoms. The van der Waals surface area contributed by atoms with Gasteiger partial charge >= 0.3 is 6.36 Å². The zero-order valence-electron chi connectivity index (χ0n) is 9.28. The predicted octanol–water partition coefficient (Wildman–Crippen LogP) is 0.945. The van der Waals surface area contributed by atoms with E-state index in [0.717, 1.165) is 13.3 Å². The number of halogens is 3. The van der Waals surface area contributed by atoms with Gasteiger partial charge in [0.25, 0.3) is 10.0 Å². The zero-order valence-corrected chi connectivity index (χ0v) is 10.1. The molecule has 0 saturated carbocycles. The van der Waals surface area contributed by atoms with Gasteiger partial charge in [0.2, 0.25) is 10.8 Å². The second kappa shape index (κ2) is 4.61. The molecule has 1 rings (SSSR count). The lowest BCUT2D eigenvalue weighted by molar-refractivity contribution is -0.276. The average Bonchev–Trinajstić information content (AvgIpc) is 2.13. The molecule has 1 aromatic rings. The maximum absolute atomic E-state index is 12.2. The van der Waals surface area contributed by atoms with Crippen LogP contribution in [0.15, 0.2) is 11.2 Å². The summed E-state index contributed by atoms with van der Waals surface area (Å²) >= 11 is 0. The van der Waals surface area contributed by atoms with Gasteiger partial charge in [-0.2, -0.15) is 0 Å². The average molecular weight is 286 g/mol. The predicted molar refractivity (Wildman–Crippen MR) is 53.6 cm³/mol. The highest BCUT2D eigenvalue weighted by Gasteiger charge is 2.36. The summed E-state index contributed by atoms with van der Waals surface area (Å²) in [6, 6.07) is 0. The SMILES string of the molecule is COc1c(C)cnc(S(N)(=O)=O)c1OC(F)(F)F. The first-order chi connectivity index (χ1) is 8.06.